The number of unbranched alkanes of at least 4 members (excludes halogenated alkanes) is 12. The van der Waals surface area contributed by atoms with E-state index in [4.69, 9.17) is 14.2 Å². The number of hydrogen-bond donors (Lipinski definition) is 1. The summed E-state index contributed by atoms with van der Waals surface area (Å²) in [6, 6.07) is -0.627. The van der Waals surface area contributed by atoms with E-state index in [2.05, 4.69) is 92.8 Å². The zero-order valence-corrected chi connectivity index (χ0v) is 36.1. The Bertz CT molecular complexity index is 1190. The van der Waals surface area contributed by atoms with Gasteiger partial charge in [0.25, 0.3) is 0 Å². The number of nitrogens with zero attached hydrogens (tertiary/aromatic N) is 1. The van der Waals surface area contributed by atoms with E-state index >= 15 is 0 Å². The minimum absolute atomic E-state index is 0.0386. The number of aliphatic carboxylic acids is 1. The van der Waals surface area contributed by atoms with E-state index in [9.17, 15) is 19.5 Å². The van der Waals surface area contributed by atoms with Gasteiger partial charge in [0.05, 0.1) is 34.4 Å². The van der Waals surface area contributed by atoms with Crippen LogP contribution < -0.4 is 0 Å². The van der Waals surface area contributed by atoms with Crippen LogP contribution in [0.1, 0.15) is 149 Å². The number of ether oxygens (including phenoxy) is 3. The van der Waals surface area contributed by atoms with Crippen LogP contribution in [0.25, 0.3) is 0 Å². The summed E-state index contributed by atoms with van der Waals surface area (Å²) in [7, 11) is 5.50. The fourth-order valence-electron chi connectivity index (χ4n) is 5.76. The number of rotatable bonds is 37. The Hall–Kier alpha value is -3.49. The Morgan fingerprint density at radius 3 is 1.64 bits per heavy atom. The summed E-state index contributed by atoms with van der Waals surface area (Å²) < 4.78 is 17.2. The Labute approximate surface area is 342 Å². The molecule has 0 aromatic rings. The van der Waals surface area contributed by atoms with E-state index in [1.165, 1.54) is 19.3 Å². The third-order valence-corrected chi connectivity index (χ3v) is 9.12. The van der Waals surface area contributed by atoms with Gasteiger partial charge in [-0.2, -0.15) is 0 Å². The molecule has 0 aliphatic carbocycles. The van der Waals surface area contributed by atoms with Crippen molar-refractivity contribution in [3.05, 3.63) is 85.1 Å². The van der Waals surface area contributed by atoms with Gasteiger partial charge >= 0.3 is 17.9 Å². The number of esters is 2. The molecule has 0 aromatic heterocycles. The number of likely N-dealkylation sites (N-methyl/N-ethyl adjacent to an activating group) is 1. The fraction of sp³-hybridized carbons (Fsp3) is 0.646. The van der Waals surface area contributed by atoms with Gasteiger partial charge in [0.15, 0.2) is 12.1 Å². The van der Waals surface area contributed by atoms with Crippen LogP contribution in [0, 0.1) is 0 Å². The summed E-state index contributed by atoms with van der Waals surface area (Å²) in [6.45, 7) is 4.51. The normalized spacial score (nSPS) is 13.8. The molecule has 0 aliphatic rings. The molecule has 56 heavy (non-hydrogen) atoms. The van der Waals surface area contributed by atoms with Crippen molar-refractivity contribution >= 4 is 17.9 Å². The van der Waals surface area contributed by atoms with Crippen molar-refractivity contribution in [3.8, 4) is 0 Å². The minimum atomic E-state index is -0.887. The molecular formula is C48H80NO7+. The summed E-state index contributed by atoms with van der Waals surface area (Å²) in [5.74, 6) is -1.54. The number of quaternary nitrogens is 1. The minimum Gasteiger partial charge on any atom is -0.477 e. The number of carbonyl (C=O) groups is 3. The van der Waals surface area contributed by atoms with E-state index in [0.29, 0.717) is 19.3 Å². The lowest BCUT2D eigenvalue weighted by atomic mass is 10.1. The van der Waals surface area contributed by atoms with Crippen LogP contribution in [0.4, 0.5) is 0 Å². The zero-order valence-electron chi connectivity index (χ0n) is 36.1. The van der Waals surface area contributed by atoms with Gasteiger partial charge < -0.3 is 23.8 Å². The number of hydrogen-bond acceptors (Lipinski definition) is 6. The third kappa shape index (κ3) is 36.2. The lowest BCUT2D eigenvalue weighted by Gasteiger charge is -2.31. The van der Waals surface area contributed by atoms with E-state index in [-0.39, 0.29) is 36.2 Å². The highest BCUT2D eigenvalue weighted by atomic mass is 16.6. The Morgan fingerprint density at radius 2 is 1.07 bits per heavy atom. The van der Waals surface area contributed by atoms with Gasteiger partial charge in [0.2, 0.25) is 0 Å². The van der Waals surface area contributed by atoms with Crippen LogP contribution in [-0.2, 0) is 28.6 Å². The van der Waals surface area contributed by atoms with Gasteiger partial charge in [-0.3, -0.25) is 9.59 Å². The Balaban J connectivity index is 4.46. The van der Waals surface area contributed by atoms with Gasteiger partial charge in [-0.25, -0.2) is 4.79 Å². The van der Waals surface area contributed by atoms with Crippen molar-refractivity contribution in [2.24, 2.45) is 0 Å². The molecule has 0 heterocycles. The molecule has 0 saturated carbocycles. The smallest absolute Gasteiger partial charge is 0.362 e. The molecule has 0 amide bonds. The van der Waals surface area contributed by atoms with Gasteiger partial charge in [-0.05, 0) is 70.6 Å². The second-order valence-corrected chi connectivity index (χ2v) is 15.3. The molecule has 0 aliphatic heterocycles. The summed E-state index contributed by atoms with van der Waals surface area (Å²) in [5, 5.41) is 9.61. The third-order valence-electron chi connectivity index (χ3n) is 9.12. The number of carbonyl (C=O) groups excluding carboxylic acids is 2. The summed E-state index contributed by atoms with van der Waals surface area (Å²) in [5.41, 5.74) is 0. The van der Waals surface area contributed by atoms with Gasteiger partial charge in [-0.15, -0.1) is 0 Å². The fourth-order valence-corrected chi connectivity index (χ4v) is 5.76. The van der Waals surface area contributed by atoms with E-state index in [1.54, 1.807) is 0 Å². The average molecular weight is 783 g/mol. The second kappa shape index (κ2) is 38.4. The molecule has 0 rings (SSSR count). The van der Waals surface area contributed by atoms with Crippen molar-refractivity contribution in [2.45, 2.75) is 161 Å². The SMILES string of the molecule is CC/C=C/C/C=C/C/C=C/CCCCCCC(=O)OC(COCCC(C(=O)O)[N+](C)(C)C)COC(=O)CCCCCCC/C=C/C=C/C=C/C=C/CCCCC. The van der Waals surface area contributed by atoms with Gasteiger partial charge in [0.1, 0.15) is 6.61 Å². The molecule has 8 heteroatoms. The quantitative estimate of drug-likeness (QED) is 0.0220. The van der Waals surface area contributed by atoms with Gasteiger partial charge in [0, 0.05) is 19.3 Å². The Morgan fingerprint density at radius 1 is 0.571 bits per heavy atom. The molecule has 0 radical (unpaired) electrons. The lowest BCUT2D eigenvalue weighted by Crippen LogP contribution is -2.50. The molecule has 2 unspecified atom stereocenters. The van der Waals surface area contributed by atoms with Crippen LogP contribution in [0.2, 0.25) is 0 Å². The van der Waals surface area contributed by atoms with Crippen molar-refractivity contribution in [3.63, 3.8) is 0 Å². The highest BCUT2D eigenvalue weighted by Crippen LogP contribution is 2.12. The number of carboxylic acid groups (broad SMARTS) is 1. The molecule has 0 spiro atoms. The molecule has 0 fully saturated rings. The van der Waals surface area contributed by atoms with Crippen LogP contribution in [-0.4, -0.2) is 80.6 Å². The van der Waals surface area contributed by atoms with Crippen LogP contribution in [0.15, 0.2) is 85.1 Å². The van der Waals surface area contributed by atoms with Crippen molar-refractivity contribution in [2.75, 3.05) is 41.0 Å². The topological polar surface area (TPSA) is 99.1 Å². The molecule has 318 valence electrons. The molecule has 2 atom stereocenters. The average Bonchev–Trinajstić information content (AvgIpc) is 3.15. The first-order valence-electron chi connectivity index (χ1n) is 21.7. The maximum atomic E-state index is 12.7. The predicted octanol–water partition coefficient (Wildman–Crippen LogP) is 11.7. The van der Waals surface area contributed by atoms with E-state index in [0.717, 1.165) is 96.3 Å². The highest BCUT2D eigenvalue weighted by molar-refractivity contribution is 5.72. The largest absolute Gasteiger partial charge is 0.477 e. The standard InChI is InChI=1S/C48H79NO7/c1-6-8-10-12-14-16-18-20-22-23-24-25-27-28-30-32-34-36-38-46(50)55-43-44(42-54-41-40-45(48(52)53)49(3,4)5)56-47(51)39-37-35-33-31-29-26-21-19-17-15-13-11-9-7-2/h9,11,14-18,20-26,44-45H,6-8,10,12-13,19,27-43H2,1-5H3/p+1/b11-9+,16-14+,17-15+,20-18+,23-22+,25-24+,26-21+. The molecule has 0 aromatic carbocycles. The number of allylic oxidation sites excluding steroid dienone is 14. The summed E-state index contributed by atoms with van der Waals surface area (Å²) >= 11 is 0. The first kappa shape index (κ1) is 52.5. The number of carboxylic acids is 1. The van der Waals surface area contributed by atoms with Crippen molar-refractivity contribution < 1.29 is 38.2 Å². The van der Waals surface area contributed by atoms with Crippen LogP contribution in [0.5, 0.6) is 0 Å². The van der Waals surface area contributed by atoms with Crippen LogP contribution >= 0.6 is 0 Å². The summed E-state index contributed by atoms with van der Waals surface area (Å²) in [4.78, 5) is 36.9. The lowest BCUT2D eigenvalue weighted by molar-refractivity contribution is -0.887. The monoisotopic (exact) mass is 783 g/mol. The first-order chi connectivity index (χ1) is 27.1. The van der Waals surface area contributed by atoms with Crippen molar-refractivity contribution in [1.82, 2.24) is 0 Å². The Kier molecular flexibility index (Phi) is 36.0. The highest BCUT2D eigenvalue weighted by Gasteiger charge is 2.31. The first-order valence-corrected chi connectivity index (χ1v) is 21.7. The molecule has 0 bridgehead atoms. The maximum absolute atomic E-state index is 12.7. The van der Waals surface area contributed by atoms with Crippen molar-refractivity contribution in [1.29, 1.82) is 0 Å². The van der Waals surface area contributed by atoms with Crippen LogP contribution in [0.3, 0.4) is 0 Å². The van der Waals surface area contributed by atoms with Gasteiger partial charge in [-0.1, -0.05) is 144 Å². The molecule has 1 N–H and O–H groups in total. The molecule has 8 nitrogen and oxygen atoms in total. The maximum Gasteiger partial charge on any atom is 0.362 e. The van der Waals surface area contributed by atoms with E-state index in [1.807, 2.05) is 27.2 Å². The molecular weight excluding hydrogens is 703 g/mol. The molecule has 0 saturated heterocycles. The van der Waals surface area contributed by atoms with E-state index < -0.39 is 18.1 Å². The zero-order chi connectivity index (χ0) is 41.4. The second-order valence-electron chi connectivity index (χ2n) is 15.3. The predicted molar refractivity (Wildman–Crippen MR) is 233 cm³/mol. The summed E-state index contributed by atoms with van der Waals surface area (Å²) in [6.07, 6.45) is 49.0.